The Balaban J connectivity index is 1.78. The van der Waals surface area contributed by atoms with E-state index in [-0.39, 0.29) is 33.8 Å². The highest BCUT2D eigenvalue weighted by molar-refractivity contribution is 6.40. The van der Waals surface area contributed by atoms with Crippen LogP contribution < -0.4 is 5.32 Å². The summed E-state index contributed by atoms with van der Waals surface area (Å²) >= 11 is 12.6. The molecule has 156 valence electrons. The number of fused-ring (bicyclic) bond motifs is 1. The average Bonchev–Trinajstić information content (AvgIpc) is 2.71. The van der Waals surface area contributed by atoms with E-state index in [2.05, 4.69) is 5.32 Å². The topological polar surface area (TPSA) is 107 Å². The molecule has 0 atom stereocenters. The minimum absolute atomic E-state index is 0.0255. The molecular weight excluding hydrogens is 431 g/mol. The number of phenols is 1. The lowest BCUT2D eigenvalue weighted by molar-refractivity contribution is -0.135. The van der Waals surface area contributed by atoms with Crippen LogP contribution in [-0.4, -0.2) is 46.0 Å². The number of amides is 2. The van der Waals surface area contributed by atoms with E-state index in [1.165, 1.54) is 12.1 Å². The second-order valence-electron chi connectivity index (χ2n) is 6.66. The fourth-order valence-electron chi connectivity index (χ4n) is 3.19. The van der Waals surface area contributed by atoms with Crippen LogP contribution in [0.1, 0.15) is 27.0 Å². The van der Waals surface area contributed by atoms with Gasteiger partial charge in [-0.3, -0.25) is 14.4 Å². The summed E-state index contributed by atoms with van der Waals surface area (Å²) < 4.78 is 0. The minimum Gasteiger partial charge on any atom is -0.507 e. The van der Waals surface area contributed by atoms with Crippen LogP contribution in [0.3, 0.4) is 0 Å². The third-order valence-electron chi connectivity index (χ3n) is 4.69. The second kappa shape index (κ2) is 9.19. The van der Waals surface area contributed by atoms with Gasteiger partial charge in [-0.2, -0.15) is 0 Å². The van der Waals surface area contributed by atoms with E-state index in [4.69, 9.17) is 28.3 Å². The highest BCUT2D eigenvalue weighted by atomic mass is 35.5. The van der Waals surface area contributed by atoms with Crippen molar-refractivity contribution >= 4 is 47.1 Å². The van der Waals surface area contributed by atoms with E-state index < -0.39 is 18.4 Å². The maximum atomic E-state index is 12.6. The standard InChI is InChI=1S/C21H18Cl2N2O5/c22-15-9-13-11-25(17(27)6-5-12-3-1-2-4-16(12)26)8-7-14(13)20(23)19(15)21(30)24-10-18(28)29/h1-6,9,26H,7-8,10-11H2,(H,24,30)(H,28,29)/b6-5+. The van der Waals surface area contributed by atoms with Crippen molar-refractivity contribution in [1.82, 2.24) is 10.2 Å². The molecule has 0 spiro atoms. The number of nitrogens with one attached hydrogen (secondary N) is 1. The van der Waals surface area contributed by atoms with Gasteiger partial charge in [-0.1, -0.05) is 41.4 Å². The van der Waals surface area contributed by atoms with Gasteiger partial charge in [-0.15, -0.1) is 0 Å². The number of para-hydroxylation sites is 1. The first-order valence-corrected chi connectivity index (χ1v) is 9.78. The molecule has 3 N–H and O–H groups in total. The van der Waals surface area contributed by atoms with Crippen molar-refractivity contribution in [1.29, 1.82) is 0 Å². The summed E-state index contributed by atoms with van der Waals surface area (Å²) in [6, 6.07) is 8.26. The number of carboxylic acids is 1. The summed E-state index contributed by atoms with van der Waals surface area (Å²) in [5.41, 5.74) is 1.98. The molecule has 0 bridgehead atoms. The fourth-order valence-corrected chi connectivity index (χ4v) is 3.95. The Bertz CT molecular complexity index is 1050. The molecule has 9 heteroatoms. The average molecular weight is 449 g/mol. The summed E-state index contributed by atoms with van der Waals surface area (Å²) in [5.74, 6) is -2.00. The number of carboxylic acid groups (broad SMARTS) is 1. The summed E-state index contributed by atoms with van der Waals surface area (Å²) in [4.78, 5) is 37.1. The maximum absolute atomic E-state index is 12.6. The van der Waals surface area contributed by atoms with Crippen LogP contribution >= 0.6 is 23.2 Å². The van der Waals surface area contributed by atoms with Crippen molar-refractivity contribution < 1.29 is 24.6 Å². The number of phenolic OH excluding ortho intramolecular Hbond substituents is 1. The molecule has 0 aliphatic carbocycles. The van der Waals surface area contributed by atoms with Crippen LogP contribution in [-0.2, 0) is 22.6 Å². The van der Waals surface area contributed by atoms with Gasteiger partial charge in [-0.05, 0) is 35.8 Å². The molecule has 2 amide bonds. The SMILES string of the molecule is O=C(O)CNC(=O)c1c(Cl)cc2c(c1Cl)CCN(C(=O)/C=C/c1ccccc1O)C2. The normalized spacial score (nSPS) is 13.2. The predicted molar refractivity (Wildman–Crippen MR) is 113 cm³/mol. The zero-order chi connectivity index (χ0) is 21.8. The Morgan fingerprint density at radius 2 is 1.93 bits per heavy atom. The van der Waals surface area contributed by atoms with Gasteiger partial charge in [-0.25, -0.2) is 0 Å². The molecular formula is C21H18Cl2N2O5. The molecule has 1 heterocycles. The number of halogens is 2. The van der Waals surface area contributed by atoms with Gasteiger partial charge in [0.15, 0.2) is 0 Å². The predicted octanol–water partition coefficient (Wildman–Crippen LogP) is 3.11. The van der Waals surface area contributed by atoms with Crippen LogP contribution in [0.25, 0.3) is 6.08 Å². The van der Waals surface area contributed by atoms with Gasteiger partial charge in [0.25, 0.3) is 5.91 Å². The number of carbonyl (C=O) groups is 3. The first-order valence-electron chi connectivity index (χ1n) is 9.02. The molecule has 0 fully saturated rings. The van der Waals surface area contributed by atoms with Crippen LogP contribution in [0.15, 0.2) is 36.4 Å². The number of benzene rings is 2. The van der Waals surface area contributed by atoms with E-state index in [1.807, 2.05) is 0 Å². The Morgan fingerprint density at radius 1 is 1.20 bits per heavy atom. The second-order valence-corrected chi connectivity index (χ2v) is 7.45. The first kappa shape index (κ1) is 21.7. The Hall–Kier alpha value is -3.03. The number of aromatic hydroxyl groups is 1. The van der Waals surface area contributed by atoms with E-state index in [1.54, 1.807) is 35.2 Å². The third-order valence-corrected chi connectivity index (χ3v) is 5.40. The highest BCUT2D eigenvalue weighted by Crippen LogP contribution is 2.34. The van der Waals surface area contributed by atoms with Crippen molar-refractivity contribution in [3.63, 3.8) is 0 Å². The summed E-state index contributed by atoms with van der Waals surface area (Å²) in [5, 5.41) is 21.0. The molecule has 30 heavy (non-hydrogen) atoms. The Labute approximate surface area is 182 Å². The molecule has 1 aliphatic heterocycles. The van der Waals surface area contributed by atoms with Gasteiger partial charge in [0, 0.05) is 24.7 Å². The van der Waals surface area contributed by atoms with Gasteiger partial charge < -0.3 is 20.4 Å². The Morgan fingerprint density at radius 3 is 2.63 bits per heavy atom. The number of aliphatic carboxylic acids is 1. The summed E-state index contributed by atoms with van der Waals surface area (Å²) in [7, 11) is 0. The molecule has 0 saturated carbocycles. The number of hydrogen-bond acceptors (Lipinski definition) is 4. The van der Waals surface area contributed by atoms with Crippen molar-refractivity contribution in [2.75, 3.05) is 13.1 Å². The minimum atomic E-state index is -1.18. The third kappa shape index (κ3) is 4.75. The van der Waals surface area contributed by atoms with Crippen LogP contribution in [0.5, 0.6) is 5.75 Å². The first-order chi connectivity index (χ1) is 14.3. The number of carbonyl (C=O) groups excluding carboxylic acids is 2. The molecule has 1 aliphatic rings. The van der Waals surface area contributed by atoms with E-state index in [9.17, 15) is 19.5 Å². The summed E-state index contributed by atoms with van der Waals surface area (Å²) in [6.45, 7) is 0.0956. The zero-order valence-corrected chi connectivity index (χ0v) is 17.2. The quantitative estimate of drug-likeness (QED) is 0.609. The smallest absolute Gasteiger partial charge is 0.322 e. The highest BCUT2D eigenvalue weighted by Gasteiger charge is 2.26. The molecule has 0 radical (unpaired) electrons. The molecule has 0 aromatic heterocycles. The number of nitrogens with zero attached hydrogens (tertiary/aromatic N) is 1. The van der Waals surface area contributed by atoms with Gasteiger partial charge in [0.1, 0.15) is 12.3 Å². The molecule has 2 aromatic carbocycles. The molecule has 2 aromatic rings. The van der Waals surface area contributed by atoms with Crippen molar-refractivity contribution in [3.05, 3.63) is 68.7 Å². The molecule has 0 saturated heterocycles. The van der Waals surface area contributed by atoms with Gasteiger partial charge in [0.2, 0.25) is 5.91 Å². The Kier molecular flexibility index (Phi) is 6.64. The van der Waals surface area contributed by atoms with Crippen molar-refractivity contribution in [2.24, 2.45) is 0 Å². The van der Waals surface area contributed by atoms with Gasteiger partial charge in [0.05, 0.1) is 15.6 Å². The van der Waals surface area contributed by atoms with Crippen LogP contribution in [0, 0.1) is 0 Å². The van der Waals surface area contributed by atoms with E-state index in [0.29, 0.717) is 24.1 Å². The summed E-state index contributed by atoms with van der Waals surface area (Å²) in [6.07, 6.45) is 3.35. The molecule has 0 unspecified atom stereocenters. The van der Waals surface area contributed by atoms with Crippen molar-refractivity contribution in [3.8, 4) is 5.75 Å². The molecule has 3 rings (SSSR count). The lowest BCUT2D eigenvalue weighted by Gasteiger charge is -2.29. The van der Waals surface area contributed by atoms with Crippen LogP contribution in [0.4, 0.5) is 0 Å². The fraction of sp³-hybridized carbons (Fsp3) is 0.190. The van der Waals surface area contributed by atoms with E-state index in [0.717, 1.165) is 5.56 Å². The lowest BCUT2D eigenvalue weighted by atomic mass is 9.96. The van der Waals surface area contributed by atoms with Crippen LogP contribution in [0.2, 0.25) is 10.0 Å². The van der Waals surface area contributed by atoms with Gasteiger partial charge >= 0.3 is 5.97 Å². The number of hydrogen-bond donors (Lipinski definition) is 3. The van der Waals surface area contributed by atoms with E-state index >= 15 is 0 Å². The number of rotatable bonds is 5. The largest absolute Gasteiger partial charge is 0.507 e. The maximum Gasteiger partial charge on any atom is 0.322 e. The lowest BCUT2D eigenvalue weighted by Crippen LogP contribution is -2.35. The monoisotopic (exact) mass is 448 g/mol. The van der Waals surface area contributed by atoms with Crippen molar-refractivity contribution in [2.45, 2.75) is 13.0 Å². The molecule has 7 nitrogen and oxygen atoms in total. The zero-order valence-electron chi connectivity index (χ0n) is 15.7.